The monoisotopic (exact) mass is 243 g/mol. The number of nitrogens with two attached hydrogens (primary N) is 1. The van der Waals surface area contributed by atoms with Gasteiger partial charge in [0.25, 0.3) is 0 Å². The first-order valence-corrected chi connectivity index (χ1v) is 6.03. The van der Waals surface area contributed by atoms with E-state index in [1.165, 1.54) is 0 Å². The van der Waals surface area contributed by atoms with Crippen molar-refractivity contribution in [3.05, 3.63) is 0 Å². The third kappa shape index (κ3) is 6.26. The second-order valence-corrected chi connectivity index (χ2v) is 5.29. The van der Waals surface area contributed by atoms with E-state index in [-0.39, 0.29) is 23.9 Å². The van der Waals surface area contributed by atoms with Crippen molar-refractivity contribution in [2.75, 3.05) is 6.54 Å². The number of hydrogen-bond donors (Lipinski definition) is 3. The molecule has 0 radical (unpaired) electrons. The van der Waals surface area contributed by atoms with Crippen LogP contribution in [-0.2, 0) is 9.59 Å². The maximum absolute atomic E-state index is 11.6. The number of carbonyl (C=O) groups excluding carboxylic acids is 2. The van der Waals surface area contributed by atoms with Gasteiger partial charge in [0.15, 0.2) is 0 Å². The van der Waals surface area contributed by atoms with Gasteiger partial charge < -0.3 is 11.1 Å². The molecule has 0 aromatic heterocycles. The van der Waals surface area contributed by atoms with E-state index >= 15 is 0 Å². The van der Waals surface area contributed by atoms with E-state index in [0.717, 1.165) is 6.42 Å². The van der Waals surface area contributed by atoms with Crippen molar-refractivity contribution in [1.82, 2.24) is 10.6 Å². The first-order chi connectivity index (χ1) is 7.69. The molecule has 1 unspecified atom stereocenters. The van der Waals surface area contributed by atoms with Crippen molar-refractivity contribution in [3.63, 3.8) is 0 Å². The third-order valence-electron chi connectivity index (χ3n) is 2.82. The van der Waals surface area contributed by atoms with Crippen molar-refractivity contribution in [2.45, 2.75) is 52.6 Å². The van der Waals surface area contributed by atoms with Crippen LogP contribution < -0.4 is 16.4 Å². The fourth-order valence-corrected chi connectivity index (χ4v) is 1.38. The molecule has 5 heteroatoms. The first kappa shape index (κ1) is 15.9. The summed E-state index contributed by atoms with van der Waals surface area (Å²) in [4.78, 5) is 22.8. The molecule has 5 nitrogen and oxygen atoms in total. The van der Waals surface area contributed by atoms with Crippen LogP contribution in [0.5, 0.6) is 0 Å². The molecular weight excluding hydrogens is 218 g/mol. The lowest BCUT2D eigenvalue weighted by molar-refractivity contribution is -0.123. The van der Waals surface area contributed by atoms with Gasteiger partial charge >= 0.3 is 0 Å². The van der Waals surface area contributed by atoms with Gasteiger partial charge in [0.1, 0.15) is 0 Å². The summed E-state index contributed by atoms with van der Waals surface area (Å²) < 4.78 is 0. The van der Waals surface area contributed by atoms with Crippen LogP contribution in [0, 0.1) is 5.92 Å². The average molecular weight is 243 g/mol. The number of amides is 2. The molecule has 1 atom stereocenters. The SMILES string of the molecule is CCC(C)(C)NC(=O)CNC(C(N)=O)C(C)C. The summed E-state index contributed by atoms with van der Waals surface area (Å²) >= 11 is 0. The van der Waals surface area contributed by atoms with E-state index in [1.54, 1.807) is 0 Å². The van der Waals surface area contributed by atoms with Crippen LogP contribution in [-0.4, -0.2) is 29.9 Å². The number of hydrogen-bond acceptors (Lipinski definition) is 3. The summed E-state index contributed by atoms with van der Waals surface area (Å²) in [5.74, 6) is -0.481. The Bertz CT molecular complexity index is 275. The lowest BCUT2D eigenvalue weighted by Gasteiger charge is -2.25. The summed E-state index contributed by atoms with van der Waals surface area (Å²) in [5, 5.41) is 5.76. The van der Waals surface area contributed by atoms with Gasteiger partial charge in [0.2, 0.25) is 11.8 Å². The summed E-state index contributed by atoms with van der Waals surface area (Å²) in [6.45, 7) is 9.80. The van der Waals surface area contributed by atoms with Gasteiger partial charge in [0.05, 0.1) is 12.6 Å². The Kier molecular flexibility index (Phi) is 6.16. The third-order valence-corrected chi connectivity index (χ3v) is 2.82. The second-order valence-electron chi connectivity index (χ2n) is 5.29. The minimum Gasteiger partial charge on any atom is -0.368 e. The maximum atomic E-state index is 11.6. The Morgan fingerprint density at radius 1 is 1.29 bits per heavy atom. The van der Waals surface area contributed by atoms with Crippen LogP contribution >= 0.6 is 0 Å². The largest absolute Gasteiger partial charge is 0.368 e. The molecule has 0 aliphatic heterocycles. The molecule has 0 heterocycles. The molecule has 100 valence electrons. The molecule has 2 amide bonds. The van der Waals surface area contributed by atoms with E-state index < -0.39 is 11.9 Å². The Morgan fingerprint density at radius 3 is 2.18 bits per heavy atom. The molecule has 0 saturated carbocycles. The zero-order valence-corrected chi connectivity index (χ0v) is 11.5. The van der Waals surface area contributed by atoms with E-state index in [9.17, 15) is 9.59 Å². The molecule has 0 aliphatic carbocycles. The topological polar surface area (TPSA) is 84.2 Å². The van der Waals surface area contributed by atoms with E-state index in [4.69, 9.17) is 5.73 Å². The number of nitrogens with one attached hydrogen (secondary N) is 2. The molecule has 0 aromatic rings. The Hall–Kier alpha value is -1.10. The van der Waals surface area contributed by atoms with E-state index in [1.807, 2.05) is 34.6 Å². The van der Waals surface area contributed by atoms with E-state index in [2.05, 4.69) is 10.6 Å². The fraction of sp³-hybridized carbons (Fsp3) is 0.833. The van der Waals surface area contributed by atoms with Crippen molar-refractivity contribution in [1.29, 1.82) is 0 Å². The summed E-state index contributed by atoms with van der Waals surface area (Å²) in [6, 6.07) is -0.467. The Balaban J connectivity index is 4.19. The highest BCUT2D eigenvalue weighted by atomic mass is 16.2. The highest BCUT2D eigenvalue weighted by molar-refractivity contribution is 5.82. The van der Waals surface area contributed by atoms with Gasteiger partial charge in [-0.15, -0.1) is 0 Å². The predicted octanol–water partition coefficient (Wildman–Crippen LogP) is 0.391. The van der Waals surface area contributed by atoms with Crippen molar-refractivity contribution in [2.24, 2.45) is 11.7 Å². The van der Waals surface area contributed by atoms with Crippen molar-refractivity contribution < 1.29 is 9.59 Å². The minimum atomic E-state index is -0.467. The summed E-state index contributed by atoms with van der Waals surface area (Å²) in [5.41, 5.74) is 5.02. The van der Waals surface area contributed by atoms with Crippen molar-refractivity contribution >= 4 is 11.8 Å². The first-order valence-electron chi connectivity index (χ1n) is 6.03. The quantitative estimate of drug-likeness (QED) is 0.605. The lowest BCUT2D eigenvalue weighted by Crippen LogP contribution is -2.51. The average Bonchev–Trinajstić information content (AvgIpc) is 2.16. The molecule has 4 N–H and O–H groups in total. The number of carbonyl (C=O) groups is 2. The van der Waals surface area contributed by atoms with E-state index in [0.29, 0.717) is 0 Å². The standard InChI is InChI=1S/C12H25N3O2/c1-6-12(4,5)15-9(16)7-14-10(8(2)3)11(13)17/h8,10,14H,6-7H2,1-5H3,(H2,13,17)(H,15,16). The van der Waals surface area contributed by atoms with Crippen molar-refractivity contribution in [3.8, 4) is 0 Å². The van der Waals surface area contributed by atoms with Crippen LogP contribution in [0.25, 0.3) is 0 Å². The molecule has 0 aromatic carbocycles. The van der Waals surface area contributed by atoms with Gasteiger partial charge in [-0.3, -0.25) is 14.9 Å². The summed E-state index contributed by atoms with van der Waals surface area (Å²) in [6.07, 6.45) is 0.849. The molecule has 0 bridgehead atoms. The van der Waals surface area contributed by atoms with Gasteiger partial charge in [-0.2, -0.15) is 0 Å². The second kappa shape index (κ2) is 6.59. The molecular formula is C12H25N3O2. The number of primary amides is 1. The summed E-state index contributed by atoms with van der Waals surface area (Å²) in [7, 11) is 0. The van der Waals surface area contributed by atoms with Crippen LogP contribution in [0.15, 0.2) is 0 Å². The van der Waals surface area contributed by atoms with Crippen LogP contribution in [0.3, 0.4) is 0 Å². The smallest absolute Gasteiger partial charge is 0.234 e. The minimum absolute atomic E-state index is 0.0690. The van der Waals surface area contributed by atoms with Crippen LogP contribution in [0.2, 0.25) is 0 Å². The molecule has 0 spiro atoms. The molecule has 0 saturated heterocycles. The maximum Gasteiger partial charge on any atom is 0.234 e. The van der Waals surface area contributed by atoms with Crippen LogP contribution in [0.1, 0.15) is 41.0 Å². The zero-order valence-electron chi connectivity index (χ0n) is 11.5. The lowest BCUT2D eigenvalue weighted by atomic mass is 10.0. The Morgan fingerprint density at radius 2 is 1.82 bits per heavy atom. The predicted molar refractivity (Wildman–Crippen MR) is 68.3 cm³/mol. The van der Waals surface area contributed by atoms with Crippen LogP contribution in [0.4, 0.5) is 0 Å². The molecule has 17 heavy (non-hydrogen) atoms. The van der Waals surface area contributed by atoms with Gasteiger partial charge in [-0.05, 0) is 26.2 Å². The van der Waals surface area contributed by atoms with Gasteiger partial charge in [-0.25, -0.2) is 0 Å². The molecule has 0 fully saturated rings. The van der Waals surface area contributed by atoms with Gasteiger partial charge in [0, 0.05) is 5.54 Å². The number of rotatable bonds is 7. The molecule has 0 aliphatic rings. The zero-order chi connectivity index (χ0) is 13.6. The fourth-order valence-electron chi connectivity index (χ4n) is 1.38. The highest BCUT2D eigenvalue weighted by Gasteiger charge is 2.22. The highest BCUT2D eigenvalue weighted by Crippen LogP contribution is 2.06. The molecule has 0 rings (SSSR count). The Labute approximate surface area is 104 Å². The van der Waals surface area contributed by atoms with Gasteiger partial charge in [-0.1, -0.05) is 20.8 Å². The normalized spacial score (nSPS) is 13.5.